The Kier molecular flexibility index (Phi) is 5.86. The summed E-state index contributed by atoms with van der Waals surface area (Å²) in [5, 5.41) is 1.02. The second-order valence-electron chi connectivity index (χ2n) is 7.88. The van der Waals surface area contributed by atoms with Crippen LogP contribution in [0, 0.1) is 5.92 Å². The van der Waals surface area contributed by atoms with Gasteiger partial charge in [0.1, 0.15) is 5.52 Å². The zero-order chi connectivity index (χ0) is 22.0. The molecule has 2 N–H and O–H groups in total. The summed E-state index contributed by atoms with van der Waals surface area (Å²) in [7, 11) is 1.37. The molecule has 7 heteroatoms. The zero-order valence-electron chi connectivity index (χ0n) is 17.9. The largest absolute Gasteiger partial charge is 0.465 e. The summed E-state index contributed by atoms with van der Waals surface area (Å²) in [5.74, 6) is 0.397. The second kappa shape index (κ2) is 8.73. The van der Waals surface area contributed by atoms with Gasteiger partial charge in [0.15, 0.2) is 5.82 Å². The standard InChI is InChI=1S/C24H26N4O3/c1-15(2)20(13-31-12-16-8-10-17(11-9-16)24(29)30-3)28-14-26-21-22(28)18-6-4-5-7-19(18)27-23(21)25/h4-11,14-15,20H,12-13H2,1-3H3,(H2,25,27). The Hall–Kier alpha value is -3.45. The second-order valence-corrected chi connectivity index (χ2v) is 7.88. The van der Waals surface area contributed by atoms with Gasteiger partial charge in [0.25, 0.3) is 0 Å². The summed E-state index contributed by atoms with van der Waals surface area (Å²) in [5.41, 5.74) is 10.2. The van der Waals surface area contributed by atoms with Crippen LogP contribution in [0.2, 0.25) is 0 Å². The van der Waals surface area contributed by atoms with Crippen molar-refractivity contribution in [3.05, 3.63) is 66.0 Å². The molecule has 1 unspecified atom stereocenters. The molecule has 0 fully saturated rings. The lowest BCUT2D eigenvalue weighted by atomic mass is 10.0. The van der Waals surface area contributed by atoms with Crippen LogP contribution in [0.15, 0.2) is 54.9 Å². The summed E-state index contributed by atoms with van der Waals surface area (Å²) in [6.07, 6.45) is 1.83. The van der Waals surface area contributed by atoms with Crippen molar-refractivity contribution in [2.24, 2.45) is 5.92 Å². The van der Waals surface area contributed by atoms with E-state index in [0.29, 0.717) is 36.0 Å². The van der Waals surface area contributed by atoms with Crippen LogP contribution in [0.4, 0.5) is 5.82 Å². The molecule has 0 radical (unpaired) electrons. The summed E-state index contributed by atoms with van der Waals surface area (Å²) in [4.78, 5) is 20.6. The number of para-hydroxylation sites is 1. The normalized spacial score (nSPS) is 12.5. The summed E-state index contributed by atoms with van der Waals surface area (Å²) < 4.78 is 13.0. The van der Waals surface area contributed by atoms with Crippen molar-refractivity contribution in [1.82, 2.24) is 14.5 Å². The van der Waals surface area contributed by atoms with Gasteiger partial charge in [0.2, 0.25) is 0 Å². The van der Waals surface area contributed by atoms with Crippen LogP contribution in [0.25, 0.3) is 21.9 Å². The number of imidazole rings is 1. The maximum absolute atomic E-state index is 11.6. The van der Waals surface area contributed by atoms with Gasteiger partial charge in [-0.2, -0.15) is 0 Å². The summed E-state index contributed by atoms with van der Waals surface area (Å²) in [6, 6.07) is 15.3. The van der Waals surface area contributed by atoms with Crippen LogP contribution in [0.1, 0.15) is 35.8 Å². The fourth-order valence-electron chi connectivity index (χ4n) is 3.77. The number of nitrogens with two attached hydrogens (primary N) is 1. The number of carbonyl (C=O) groups is 1. The molecule has 0 amide bonds. The van der Waals surface area contributed by atoms with Crippen molar-refractivity contribution in [2.75, 3.05) is 19.5 Å². The first-order valence-corrected chi connectivity index (χ1v) is 10.3. The molecular weight excluding hydrogens is 392 g/mol. The number of ether oxygens (including phenoxy) is 2. The minimum atomic E-state index is -0.347. The zero-order valence-corrected chi connectivity index (χ0v) is 17.9. The molecular formula is C24H26N4O3. The number of benzene rings is 2. The van der Waals surface area contributed by atoms with Gasteiger partial charge in [-0.25, -0.2) is 14.8 Å². The third-order valence-electron chi connectivity index (χ3n) is 5.50. The van der Waals surface area contributed by atoms with E-state index in [0.717, 1.165) is 22.0 Å². The summed E-state index contributed by atoms with van der Waals surface area (Å²) in [6.45, 7) is 5.29. The highest BCUT2D eigenvalue weighted by atomic mass is 16.5. The number of methoxy groups -OCH3 is 1. The maximum atomic E-state index is 11.6. The number of nitrogen functional groups attached to an aromatic ring is 1. The van der Waals surface area contributed by atoms with E-state index in [4.69, 9.17) is 15.2 Å². The number of esters is 1. The number of fused-ring (bicyclic) bond motifs is 3. The van der Waals surface area contributed by atoms with Gasteiger partial charge in [-0.05, 0) is 29.7 Å². The van der Waals surface area contributed by atoms with E-state index < -0.39 is 0 Å². The van der Waals surface area contributed by atoms with E-state index >= 15 is 0 Å². The SMILES string of the molecule is COC(=O)c1ccc(COCC(C(C)C)n2cnc3c(N)nc4ccccc4c32)cc1. The minimum Gasteiger partial charge on any atom is -0.465 e. The minimum absolute atomic E-state index is 0.0737. The monoisotopic (exact) mass is 418 g/mol. The molecule has 160 valence electrons. The molecule has 1 atom stereocenters. The third-order valence-corrected chi connectivity index (χ3v) is 5.50. The van der Waals surface area contributed by atoms with Gasteiger partial charge in [0.05, 0.1) is 49.3 Å². The highest BCUT2D eigenvalue weighted by Crippen LogP contribution is 2.31. The predicted molar refractivity (Wildman–Crippen MR) is 121 cm³/mol. The van der Waals surface area contributed by atoms with Crippen molar-refractivity contribution >= 4 is 33.7 Å². The number of pyridine rings is 1. The molecule has 0 aliphatic carbocycles. The molecule has 2 heterocycles. The number of anilines is 1. The number of hydrogen-bond donors (Lipinski definition) is 1. The van der Waals surface area contributed by atoms with Gasteiger partial charge < -0.3 is 19.8 Å². The summed E-state index contributed by atoms with van der Waals surface area (Å²) >= 11 is 0. The van der Waals surface area contributed by atoms with Crippen LogP contribution in [-0.4, -0.2) is 34.2 Å². The Morgan fingerprint density at radius 3 is 2.58 bits per heavy atom. The first-order chi connectivity index (χ1) is 15.0. The van der Waals surface area contributed by atoms with Crippen LogP contribution < -0.4 is 5.73 Å². The van der Waals surface area contributed by atoms with E-state index in [1.807, 2.05) is 42.7 Å². The van der Waals surface area contributed by atoms with E-state index in [1.165, 1.54) is 7.11 Å². The highest BCUT2D eigenvalue weighted by molar-refractivity contribution is 6.06. The molecule has 0 saturated carbocycles. The van der Waals surface area contributed by atoms with Gasteiger partial charge in [-0.3, -0.25) is 0 Å². The van der Waals surface area contributed by atoms with Gasteiger partial charge >= 0.3 is 5.97 Å². The average Bonchev–Trinajstić information content (AvgIpc) is 3.22. The van der Waals surface area contributed by atoms with E-state index in [-0.39, 0.29) is 12.0 Å². The lowest BCUT2D eigenvalue weighted by Gasteiger charge is -2.24. The molecule has 2 aromatic heterocycles. The van der Waals surface area contributed by atoms with Crippen LogP contribution in [0.5, 0.6) is 0 Å². The highest BCUT2D eigenvalue weighted by Gasteiger charge is 2.21. The first-order valence-electron chi connectivity index (χ1n) is 10.3. The van der Waals surface area contributed by atoms with Gasteiger partial charge in [-0.15, -0.1) is 0 Å². The van der Waals surface area contributed by atoms with Gasteiger partial charge in [0, 0.05) is 5.39 Å². The van der Waals surface area contributed by atoms with Crippen molar-refractivity contribution in [3.63, 3.8) is 0 Å². The maximum Gasteiger partial charge on any atom is 0.337 e. The number of nitrogens with zero attached hydrogens (tertiary/aromatic N) is 3. The Bertz CT molecular complexity index is 1210. The lowest BCUT2D eigenvalue weighted by Crippen LogP contribution is -2.20. The predicted octanol–water partition coefficient (Wildman–Crippen LogP) is 4.37. The molecule has 4 aromatic rings. The number of carbonyl (C=O) groups excluding carboxylic acids is 1. The van der Waals surface area contributed by atoms with E-state index in [1.54, 1.807) is 12.1 Å². The number of rotatable bonds is 7. The lowest BCUT2D eigenvalue weighted by molar-refractivity contribution is 0.0600. The Balaban J connectivity index is 1.57. The number of hydrogen-bond acceptors (Lipinski definition) is 6. The fraction of sp³-hybridized carbons (Fsp3) is 0.292. The molecule has 0 aliphatic rings. The topological polar surface area (TPSA) is 92.3 Å². The Morgan fingerprint density at radius 2 is 1.87 bits per heavy atom. The quantitative estimate of drug-likeness (QED) is 0.448. The number of aromatic nitrogens is 3. The van der Waals surface area contributed by atoms with Crippen LogP contribution >= 0.6 is 0 Å². The molecule has 0 saturated heterocycles. The molecule has 0 bridgehead atoms. The first kappa shape index (κ1) is 20.8. The van der Waals surface area contributed by atoms with Crippen LogP contribution in [-0.2, 0) is 16.1 Å². The van der Waals surface area contributed by atoms with E-state index in [2.05, 4.69) is 28.4 Å². The fourth-order valence-corrected chi connectivity index (χ4v) is 3.77. The van der Waals surface area contributed by atoms with Crippen molar-refractivity contribution in [1.29, 1.82) is 0 Å². The van der Waals surface area contributed by atoms with Gasteiger partial charge in [-0.1, -0.05) is 44.2 Å². The van der Waals surface area contributed by atoms with E-state index in [9.17, 15) is 4.79 Å². The molecule has 0 aliphatic heterocycles. The molecule has 0 spiro atoms. The smallest absolute Gasteiger partial charge is 0.337 e. The average molecular weight is 418 g/mol. The Labute approximate surface area is 180 Å². The molecule has 31 heavy (non-hydrogen) atoms. The Morgan fingerprint density at radius 1 is 1.13 bits per heavy atom. The molecule has 2 aromatic carbocycles. The van der Waals surface area contributed by atoms with Crippen LogP contribution in [0.3, 0.4) is 0 Å². The van der Waals surface area contributed by atoms with Crippen molar-refractivity contribution in [3.8, 4) is 0 Å². The van der Waals surface area contributed by atoms with Crippen molar-refractivity contribution < 1.29 is 14.3 Å². The molecule has 7 nitrogen and oxygen atoms in total. The van der Waals surface area contributed by atoms with Crippen molar-refractivity contribution in [2.45, 2.75) is 26.5 Å². The molecule has 4 rings (SSSR count). The third kappa shape index (κ3) is 4.09.